The normalized spacial score (nSPS) is 19.3. The second-order valence-corrected chi connectivity index (χ2v) is 6.46. The molecule has 3 N–H and O–H groups in total. The quantitative estimate of drug-likeness (QED) is 0.812. The summed E-state index contributed by atoms with van der Waals surface area (Å²) in [4.78, 5) is 11.5. The van der Waals surface area contributed by atoms with Crippen LogP contribution in [0, 0.1) is 11.3 Å². The summed E-state index contributed by atoms with van der Waals surface area (Å²) in [5.41, 5.74) is 5.89. The minimum Gasteiger partial charge on any atom is -0.448 e. The first-order chi connectivity index (χ1) is 8.39. The molecular formula is C14H28N2O2. The van der Waals surface area contributed by atoms with Gasteiger partial charge in [-0.05, 0) is 24.2 Å². The number of carbonyl (C=O) groups is 1. The number of hydrogen-bond acceptors (Lipinski definition) is 3. The van der Waals surface area contributed by atoms with E-state index in [4.69, 9.17) is 10.5 Å². The van der Waals surface area contributed by atoms with Gasteiger partial charge in [0, 0.05) is 12.6 Å². The Morgan fingerprint density at radius 3 is 2.50 bits per heavy atom. The van der Waals surface area contributed by atoms with Crippen LogP contribution in [0.5, 0.6) is 0 Å². The highest BCUT2D eigenvalue weighted by molar-refractivity contribution is 5.67. The molecule has 1 aliphatic rings. The van der Waals surface area contributed by atoms with Gasteiger partial charge in [-0.3, -0.25) is 0 Å². The minimum atomic E-state index is -0.333. The number of alkyl carbamates (subject to hydrolysis) is 1. The highest BCUT2D eigenvalue weighted by Crippen LogP contribution is 2.22. The molecule has 4 nitrogen and oxygen atoms in total. The van der Waals surface area contributed by atoms with Gasteiger partial charge < -0.3 is 15.8 Å². The lowest BCUT2D eigenvalue weighted by molar-refractivity contribution is 0.117. The van der Waals surface area contributed by atoms with Crippen molar-refractivity contribution in [2.24, 2.45) is 17.1 Å². The molecule has 0 aromatic carbocycles. The Bertz CT molecular complexity index is 255. The van der Waals surface area contributed by atoms with Crippen molar-refractivity contribution < 1.29 is 9.53 Å². The van der Waals surface area contributed by atoms with E-state index < -0.39 is 0 Å². The van der Waals surface area contributed by atoms with Gasteiger partial charge in [-0.1, -0.05) is 40.0 Å². The summed E-state index contributed by atoms with van der Waals surface area (Å²) in [5.74, 6) is 0.627. The molecule has 0 radical (unpaired) electrons. The fourth-order valence-electron chi connectivity index (χ4n) is 2.09. The Balaban J connectivity index is 2.13. The Labute approximate surface area is 111 Å². The van der Waals surface area contributed by atoms with Gasteiger partial charge in [-0.15, -0.1) is 0 Å². The zero-order valence-corrected chi connectivity index (χ0v) is 12.0. The molecule has 0 bridgehead atoms. The molecule has 0 aromatic heterocycles. The first-order valence-electron chi connectivity index (χ1n) is 7.06. The lowest BCUT2D eigenvalue weighted by Gasteiger charge is -2.26. The Kier molecular flexibility index (Phi) is 5.93. The van der Waals surface area contributed by atoms with E-state index >= 15 is 0 Å². The molecule has 0 saturated heterocycles. The van der Waals surface area contributed by atoms with Crippen molar-refractivity contribution in [2.45, 2.75) is 58.9 Å². The van der Waals surface area contributed by atoms with E-state index in [0.717, 1.165) is 6.54 Å². The van der Waals surface area contributed by atoms with Gasteiger partial charge in [0.1, 0.15) is 6.61 Å². The van der Waals surface area contributed by atoms with E-state index in [1.807, 2.05) is 20.8 Å². The zero-order chi connectivity index (χ0) is 13.6. The van der Waals surface area contributed by atoms with E-state index in [1.165, 1.54) is 32.1 Å². The Morgan fingerprint density at radius 2 is 1.94 bits per heavy atom. The smallest absolute Gasteiger partial charge is 0.407 e. The van der Waals surface area contributed by atoms with Crippen LogP contribution in [0.25, 0.3) is 0 Å². The number of hydrogen-bond donors (Lipinski definition) is 2. The van der Waals surface area contributed by atoms with Crippen LogP contribution < -0.4 is 11.1 Å². The molecule has 18 heavy (non-hydrogen) atoms. The van der Waals surface area contributed by atoms with Crippen molar-refractivity contribution in [3.8, 4) is 0 Å². The monoisotopic (exact) mass is 256 g/mol. The van der Waals surface area contributed by atoms with Crippen LogP contribution in [0.2, 0.25) is 0 Å². The molecule has 0 spiro atoms. The molecular weight excluding hydrogens is 228 g/mol. The average molecular weight is 256 g/mol. The maximum Gasteiger partial charge on any atom is 0.407 e. The van der Waals surface area contributed by atoms with Gasteiger partial charge in [0.05, 0.1) is 0 Å². The van der Waals surface area contributed by atoms with Crippen molar-refractivity contribution in [3.05, 3.63) is 0 Å². The number of rotatable bonds is 4. The Hall–Kier alpha value is -0.770. The average Bonchev–Trinajstić information content (AvgIpc) is 2.33. The highest BCUT2D eigenvalue weighted by Gasteiger charge is 2.22. The summed E-state index contributed by atoms with van der Waals surface area (Å²) in [6.45, 7) is 7.15. The van der Waals surface area contributed by atoms with Crippen molar-refractivity contribution in [2.75, 3.05) is 13.2 Å². The number of amides is 1. The van der Waals surface area contributed by atoms with E-state index in [-0.39, 0.29) is 24.2 Å². The molecule has 1 rings (SSSR count). The van der Waals surface area contributed by atoms with E-state index in [9.17, 15) is 4.79 Å². The van der Waals surface area contributed by atoms with Gasteiger partial charge in [-0.25, -0.2) is 4.79 Å². The standard InChI is InChI=1S/C14H28N2O2/c1-14(2,3)12(15)10-18-13(17)16-9-11-7-5-4-6-8-11/h11-12H,4-10,15H2,1-3H3,(H,16,17)/t12-/m1/s1. The Morgan fingerprint density at radius 1 is 1.33 bits per heavy atom. The second kappa shape index (κ2) is 6.98. The van der Waals surface area contributed by atoms with Crippen LogP contribution in [-0.2, 0) is 4.74 Å². The molecule has 1 aliphatic carbocycles. The summed E-state index contributed by atoms with van der Waals surface area (Å²) < 4.78 is 5.15. The molecule has 4 heteroatoms. The van der Waals surface area contributed by atoms with Gasteiger partial charge in [0.15, 0.2) is 0 Å². The molecule has 1 amide bonds. The van der Waals surface area contributed by atoms with Crippen molar-refractivity contribution in [1.82, 2.24) is 5.32 Å². The van der Waals surface area contributed by atoms with Gasteiger partial charge in [-0.2, -0.15) is 0 Å². The number of ether oxygens (including phenoxy) is 1. The van der Waals surface area contributed by atoms with Gasteiger partial charge in [0.2, 0.25) is 0 Å². The summed E-state index contributed by atoms with van der Waals surface area (Å²) in [5, 5.41) is 2.84. The predicted octanol–water partition coefficient (Wildman–Crippen LogP) is 2.67. The first kappa shape index (κ1) is 15.3. The summed E-state index contributed by atoms with van der Waals surface area (Å²) in [7, 11) is 0. The molecule has 1 saturated carbocycles. The molecule has 0 heterocycles. The first-order valence-corrected chi connectivity index (χ1v) is 7.06. The summed E-state index contributed by atoms with van der Waals surface area (Å²) >= 11 is 0. The number of carbonyl (C=O) groups excluding carboxylic acids is 1. The lowest BCUT2D eigenvalue weighted by atomic mass is 9.88. The van der Waals surface area contributed by atoms with E-state index in [1.54, 1.807) is 0 Å². The minimum absolute atomic E-state index is 0.0380. The van der Waals surface area contributed by atoms with E-state index in [0.29, 0.717) is 5.92 Å². The maximum atomic E-state index is 11.5. The third kappa shape index (κ3) is 5.71. The van der Waals surface area contributed by atoms with Crippen molar-refractivity contribution >= 4 is 6.09 Å². The van der Waals surface area contributed by atoms with E-state index in [2.05, 4.69) is 5.32 Å². The number of nitrogens with two attached hydrogens (primary N) is 1. The van der Waals surface area contributed by atoms with Crippen LogP contribution in [-0.4, -0.2) is 25.3 Å². The largest absolute Gasteiger partial charge is 0.448 e. The van der Waals surface area contributed by atoms with Gasteiger partial charge in [0.25, 0.3) is 0 Å². The van der Waals surface area contributed by atoms with Crippen LogP contribution in [0.4, 0.5) is 4.79 Å². The third-order valence-corrected chi connectivity index (χ3v) is 3.77. The third-order valence-electron chi connectivity index (χ3n) is 3.77. The topological polar surface area (TPSA) is 64.3 Å². The van der Waals surface area contributed by atoms with Gasteiger partial charge >= 0.3 is 6.09 Å². The molecule has 106 valence electrons. The predicted molar refractivity (Wildman–Crippen MR) is 73.4 cm³/mol. The van der Waals surface area contributed by atoms with Crippen LogP contribution >= 0.6 is 0 Å². The second-order valence-electron chi connectivity index (χ2n) is 6.46. The van der Waals surface area contributed by atoms with Crippen LogP contribution in [0.3, 0.4) is 0 Å². The van der Waals surface area contributed by atoms with Crippen LogP contribution in [0.15, 0.2) is 0 Å². The van der Waals surface area contributed by atoms with Crippen LogP contribution in [0.1, 0.15) is 52.9 Å². The fraction of sp³-hybridized carbons (Fsp3) is 0.929. The zero-order valence-electron chi connectivity index (χ0n) is 12.0. The lowest BCUT2D eigenvalue weighted by Crippen LogP contribution is -2.41. The van der Waals surface area contributed by atoms with Crippen molar-refractivity contribution in [1.29, 1.82) is 0 Å². The molecule has 0 aliphatic heterocycles. The molecule has 0 unspecified atom stereocenters. The summed E-state index contributed by atoms with van der Waals surface area (Å²) in [6, 6.07) is -0.127. The molecule has 1 atom stereocenters. The SMILES string of the molecule is CC(C)(C)[C@H](N)COC(=O)NCC1CCCCC1. The highest BCUT2D eigenvalue weighted by atomic mass is 16.5. The molecule has 0 aromatic rings. The fourth-order valence-corrected chi connectivity index (χ4v) is 2.09. The summed E-state index contributed by atoms with van der Waals surface area (Å²) in [6.07, 6.45) is 6.03. The van der Waals surface area contributed by atoms with Crippen molar-refractivity contribution in [3.63, 3.8) is 0 Å². The number of nitrogens with one attached hydrogen (secondary N) is 1. The maximum absolute atomic E-state index is 11.5. The molecule has 1 fully saturated rings.